The number of aromatic nitrogens is 2. The number of hydrogen-bond acceptors (Lipinski definition) is 3. The van der Waals surface area contributed by atoms with Crippen LogP contribution in [0.15, 0.2) is 22.1 Å². The van der Waals surface area contributed by atoms with Crippen molar-refractivity contribution in [3.8, 4) is 10.6 Å². The minimum atomic E-state index is 0.452. The van der Waals surface area contributed by atoms with Crippen LogP contribution >= 0.6 is 27.3 Å². The lowest BCUT2D eigenvalue weighted by atomic mass is 10.1. The van der Waals surface area contributed by atoms with Crippen LogP contribution in [0.3, 0.4) is 0 Å². The third kappa shape index (κ3) is 2.88. The lowest BCUT2D eigenvalue weighted by Crippen LogP contribution is -2.08. The van der Waals surface area contributed by atoms with Crippen LogP contribution in [0, 0.1) is 0 Å². The van der Waals surface area contributed by atoms with Crippen LogP contribution in [0.2, 0.25) is 0 Å². The molecule has 2 aromatic heterocycles. The summed E-state index contributed by atoms with van der Waals surface area (Å²) in [5.74, 6) is 0. The van der Waals surface area contributed by atoms with Crippen LogP contribution in [-0.4, -0.2) is 16.1 Å². The molecule has 0 unspecified atom stereocenters. The quantitative estimate of drug-likeness (QED) is 0.570. The number of carbonyl (C=O) groups is 1. The second kappa shape index (κ2) is 6.22. The molecule has 0 radical (unpaired) electrons. The number of carbonyl (C=O) groups excluding carboxylic acids is 1. The van der Waals surface area contributed by atoms with Gasteiger partial charge in [-0.2, -0.15) is 5.10 Å². The minimum absolute atomic E-state index is 0.452. The van der Waals surface area contributed by atoms with E-state index in [0.29, 0.717) is 11.6 Å². The Labute approximate surface area is 131 Å². The summed E-state index contributed by atoms with van der Waals surface area (Å²) in [7, 11) is 0. The lowest BCUT2D eigenvalue weighted by molar-refractivity contribution is 0.112. The third-order valence-electron chi connectivity index (χ3n) is 3.89. The van der Waals surface area contributed by atoms with Gasteiger partial charge in [0.1, 0.15) is 5.69 Å². The van der Waals surface area contributed by atoms with Gasteiger partial charge in [-0.1, -0.05) is 25.7 Å². The Bertz CT molecular complexity index is 597. The minimum Gasteiger partial charge on any atom is -0.298 e. The van der Waals surface area contributed by atoms with E-state index in [2.05, 4.69) is 15.9 Å². The van der Waals surface area contributed by atoms with Gasteiger partial charge in [0.2, 0.25) is 0 Å². The highest BCUT2D eigenvalue weighted by Gasteiger charge is 2.19. The standard InChI is InChI=1S/C15H17BrN2OS/c16-12-7-14(20-10-12)15-11(9-19)8-18(17-15)13-5-3-1-2-4-6-13/h7-10,13H,1-6H2. The van der Waals surface area contributed by atoms with Gasteiger partial charge in [-0.05, 0) is 34.8 Å². The molecule has 1 fully saturated rings. The normalized spacial score (nSPS) is 17.1. The lowest BCUT2D eigenvalue weighted by Gasteiger charge is -2.14. The van der Waals surface area contributed by atoms with E-state index >= 15 is 0 Å². The van der Waals surface area contributed by atoms with E-state index < -0.39 is 0 Å². The third-order valence-corrected chi connectivity index (χ3v) is 5.58. The summed E-state index contributed by atoms with van der Waals surface area (Å²) in [6.07, 6.45) is 10.4. The SMILES string of the molecule is O=Cc1cn(C2CCCCCC2)nc1-c1cc(Br)cs1. The predicted octanol–water partition coefficient (Wildman–Crippen LogP) is 5.08. The molecule has 0 amide bonds. The molecule has 0 N–H and O–H groups in total. The van der Waals surface area contributed by atoms with Crippen LogP contribution in [0.25, 0.3) is 10.6 Å². The van der Waals surface area contributed by atoms with Crippen LogP contribution < -0.4 is 0 Å². The molecule has 3 rings (SSSR count). The Morgan fingerprint density at radius 1 is 1.30 bits per heavy atom. The van der Waals surface area contributed by atoms with Gasteiger partial charge in [0.25, 0.3) is 0 Å². The van der Waals surface area contributed by atoms with E-state index in [9.17, 15) is 4.79 Å². The molecular formula is C15H17BrN2OS. The molecule has 0 aromatic carbocycles. The Morgan fingerprint density at radius 3 is 2.65 bits per heavy atom. The number of thiophene rings is 1. The number of rotatable bonds is 3. The van der Waals surface area contributed by atoms with Gasteiger partial charge >= 0.3 is 0 Å². The molecule has 0 spiro atoms. The van der Waals surface area contributed by atoms with Crippen LogP contribution in [0.4, 0.5) is 0 Å². The average Bonchev–Trinajstić information content (AvgIpc) is 2.97. The second-order valence-electron chi connectivity index (χ2n) is 5.31. The van der Waals surface area contributed by atoms with Crippen molar-refractivity contribution in [3.05, 3.63) is 27.7 Å². The van der Waals surface area contributed by atoms with Crippen molar-refractivity contribution in [3.63, 3.8) is 0 Å². The Kier molecular flexibility index (Phi) is 4.36. The first kappa shape index (κ1) is 14.0. The molecule has 106 valence electrons. The van der Waals surface area contributed by atoms with Gasteiger partial charge in [0.15, 0.2) is 6.29 Å². The smallest absolute Gasteiger partial charge is 0.153 e. The summed E-state index contributed by atoms with van der Waals surface area (Å²) in [6.45, 7) is 0. The first-order chi connectivity index (χ1) is 9.78. The van der Waals surface area contributed by atoms with E-state index in [1.54, 1.807) is 11.3 Å². The van der Waals surface area contributed by atoms with E-state index in [1.165, 1.54) is 38.5 Å². The summed E-state index contributed by atoms with van der Waals surface area (Å²) < 4.78 is 3.07. The highest BCUT2D eigenvalue weighted by molar-refractivity contribution is 9.10. The zero-order valence-corrected chi connectivity index (χ0v) is 13.6. The van der Waals surface area contributed by atoms with Crippen LogP contribution in [0.5, 0.6) is 0 Å². The Hall–Kier alpha value is -0.940. The van der Waals surface area contributed by atoms with Gasteiger partial charge in [0, 0.05) is 16.0 Å². The van der Waals surface area contributed by atoms with Crippen molar-refractivity contribution in [1.29, 1.82) is 0 Å². The van der Waals surface area contributed by atoms with E-state index in [1.807, 2.05) is 22.3 Å². The number of aldehydes is 1. The summed E-state index contributed by atoms with van der Waals surface area (Å²) in [5.41, 5.74) is 1.52. The molecule has 1 saturated carbocycles. The van der Waals surface area contributed by atoms with Crippen molar-refractivity contribution >= 4 is 33.6 Å². The van der Waals surface area contributed by atoms with Gasteiger partial charge in [-0.15, -0.1) is 11.3 Å². The first-order valence-electron chi connectivity index (χ1n) is 7.06. The number of hydrogen-bond donors (Lipinski definition) is 0. The number of halogens is 1. The molecule has 0 aliphatic heterocycles. The number of nitrogens with zero attached hydrogens (tertiary/aromatic N) is 2. The van der Waals surface area contributed by atoms with E-state index in [0.717, 1.165) is 21.3 Å². The molecular weight excluding hydrogens is 336 g/mol. The largest absolute Gasteiger partial charge is 0.298 e. The summed E-state index contributed by atoms with van der Waals surface area (Å²) in [6, 6.07) is 2.48. The molecule has 0 bridgehead atoms. The molecule has 5 heteroatoms. The average molecular weight is 353 g/mol. The van der Waals surface area contributed by atoms with Crippen LogP contribution in [-0.2, 0) is 0 Å². The molecule has 2 aromatic rings. The molecule has 1 aliphatic rings. The topological polar surface area (TPSA) is 34.9 Å². The van der Waals surface area contributed by atoms with Crippen molar-refractivity contribution in [1.82, 2.24) is 9.78 Å². The highest BCUT2D eigenvalue weighted by Crippen LogP contribution is 2.33. The fourth-order valence-electron chi connectivity index (χ4n) is 2.83. The molecule has 20 heavy (non-hydrogen) atoms. The van der Waals surface area contributed by atoms with Gasteiger partial charge in [-0.3, -0.25) is 9.48 Å². The molecule has 3 nitrogen and oxygen atoms in total. The van der Waals surface area contributed by atoms with Crippen molar-refractivity contribution in [2.45, 2.75) is 44.6 Å². The Morgan fingerprint density at radius 2 is 2.05 bits per heavy atom. The highest BCUT2D eigenvalue weighted by atomic mass is 79.9. The molecule has 2 heterocycles. The maximum Gasteiger partial charge on any atom is 0.153 e. The maximum absolute atomic E-state index is 11.3. The Balaban J connectivity index is 1.93. The fraction of sp³-hybridized carbons (Fsp3) is 0.467. The van der Waals surface area contributed by atoms with Crippen LogP contribution in [0.1, 0.15) is 54.9 Å². The molecule has 1 aliphatic carbocycles. The predicted molar refractivity (Wildman–Crippen MR) is 85.4 cm³/mol. The molecule has 0 saturated heterocycles. The summed E-state index contributed by atoms with van der Waals surface area (Å²) >= 11 is 5.07. The molecule has 0 atom stereocenters. The van der Waals surface area contributed by atoms with Gasteiger partial charge < -0.3 is 0 Å². The zero-order chi connectivity index (χ0) is 13.9. The van der Waals surface area contributed by atoms with Gasteiger partial charge in [-0.25, -0.2) is 0 Å². The summed E-state index contributed by atoms with van der Waals surface area (Å²) in [5, 5.41) is 6.73. The van der Waals surface area contributed by atoms with Crippen molar-refractivity contribution in [2.24, 2.45) is 0 Å². The zero-order valence-electron chi connectivity index (χ0n) is 11.2. The first-order valence-corrected chi connectivity index (χ1v) is 8.74. The van der Waals surface area contributed by atoms with E-state index in [4.69, 9.17) is 5.10 Å². The fourth-order valence-corrected chi connectivity index (χ4v) is 4.26. The van der Waals surface area contributed by atoms with Crippen molar-refractivity contribution < 1.29 is 4.79 Å². The maximum atomic E-state index is 11.3. The van der Waals surface area contributed by atoms with Gasteiger partial charge in [0.05, 0.1) is 16.5 Å². The monoisotopic (exact) mass is 352 g/mol. The van der Waals surface area contributed by atoms with E-state index in [-0.39, 0.29) is 0 Å². The summed E-state index contributed by atoms with van der Waals surface area (Å²) in [4.78, 5) is 12.4. The van der Waals surface area contributed by atoms with Crippen molar-refractivity contribution in [2.75, 3.05) is 0 Å². The second-order valence-corrected chi connectivity index (χ2v) is 7.13.